The third-order valence-corrected chi connectivity index (χ3v) is 2.77. The molecule has 0 bridgehead atoms. The van der Waals surface area contributed by atoms with Gasteiger partial charge in [-0.05, 0) is 19.5 Å². The van der Waals surface area contributed by atoms with Crippen LogP contribution in [-0.2, 0) is 9.47 Å². The second kappa shape index (κ2) is 5.43. The summed E-state index contributed by atoms with van der Waals surface area (Å²) in [4.78, 5) is 0. The van der Waals surface area contributed by atoms with Crippen molar-refractivity contribution in [1.82, 2.24) is 5.32 Å². The SMILES string of the molecule is CNCC(OC1COC1)c1cccc(C)c1. The molecular weight excluding hydrogens is 202 g/mol. The second-order valence-corrected chi connectivity index (χ2v) is 4.26. The summed E-state index contributed by atoms with van der Waals surface area (Å²) in [6.07, 6.45) is 0.387. The van der Waals surface area contributed by atoms with Crippen molar-refractivity contribution in [2.75, 3.05) is 26.8 Å². The molecule has 88 valence electrons. The third kappa shape index (κ3) is 2.82. The molecule has 1 aromatic rings. The maximum Gasteiger partial charge on any atom is 0.105 e. The summed E-state index contributed by atoms with van der Waals surface area (Å²) in [6.45, 7) is 4.39. The molecular formula is C13H19NO2. The van der Waals surface area contributed by atoms with E-state index >= 15 is 0 Å². The first kappa shape index (κ1) is 11.6. The van der Waals surface area contributed by atoms with Crippen LogP contribution < -0.4 is 5.32 Å². The lowest BCUT2D eigenvalue weighted by atomic mass is 10.1. The van der Waals surface area contributed by atoms with Gasteiger partial charge >= 0.3 is 0 Å². The van der Waals surface area contributed by atoms with Crippen LogP contribution in [-0.4, -0.2) is 32.9 Å². The Bertz CT molecular complexity index is 336. The highest BCUT2D eigenvalue weighted by Gasteiger charge is 2.24. The first-order valence-corrected chi connectivity index (χ1v) is 5.74. The van der Waals surface area contributed by atoms with E-state index < -0.39 is 0 Å². The zero-order valence-electron chi connectivity index (χ0n) is 9.90. The molecule has 3 nitrogen and oxygen atoms in total. The molecule has 16 heavy (non-hydrogen) atoms. The van der Waals surface area contributed by atoms with Gasteiger partial charge in [-0.15, -0.1) is 0 Å². The molecule has 0 radical (unpaired) electrons. The van der Waals surface area contributed by atoms with Crippen LogP contribution in [0.5, 0.6) is 0 Å². The lowest BCUT2D eigenvalue weighted by molar-refractivity contribution is -0.155. The van der Waals surface area contributed by atoms with Crippen LogP contribution in [0, 0.1) is 6.92 Å². The minimum absolute atomic E-state index is 0.124. The third-order valence-electron chi connectivity index (χ3n) is 2.77. The van der Waals surface area contributed by atoms with E-state index in [9.17, 15) is 0 Å². The monoisotopic (exact) mass is 221 g/mol. The molecule has 1 saturated heterocycles. The fourth-order valence-corrected chi connectivity index (χ4v) is 1.83. The molecule has 1 unspecified atom stereocenters. The standard InChI is InChI=1S/C13H19NO2/c1-10-4-3-5-11(6-10)13(7-14-2)16-12-8-15-9-12/h3-6,12-14H,7-9H2,1-2H3. The fourth-order valence-electron chi connectivity index (χ4n) is 1.83. The van der Waals surface area contributed by atoms with E-state index in [0.717, 1.165) is 19.8 Å². The average molecular weight is 221 g/mol. The number of rotatable bonds is 5. The van der Waals surface area contributed by atoms with Gasteiger partial charge in [0, 0.05) is 6.54 Å². The van der Waals surface area contributed by atoms with Gasteiger partial charge in [0.05, 0.1) is 19.3 Å². The summed E-state index contributed by atoms with van der Waals surface area (Å²) >= 11 is 0. The number of likely N-dealkylation sites (N-methyl/N-ethyl adjacent to an activating group) is 1. The summed E-state index contributed by atoms with van der Waals surface area (Å²) in [5, 5.41) is 3.17. The van der Waals surface area contributed by atoms with Gasteiger partial charge in [-0.25, -0.2) is 0 Å². The average Bonchev–Trinajstić information content (AvgIpc) is 2.21. The normalized spacial score (nSPS) is 18.1. The molecule has 0 saturated carbocycles. The molecule has 3 heteroatoms. The smallest absolute Gasteiger partial charge is 0.105 e. The quantitative estimate of drug-likeness (QED) is 0.820. The number of benzene rings is 1. The van der Waals surface area contributed by atoms with Gasteiger partial charge < -0.3 is 14.8 Å². The Morgan fingerprint density at radius 2 is 2.31 bits per heavy atom. The Morgan fingerprint density at radius 3 is 2.88 bits per heavy atom. The maximum atomic E-state index is 5.98. The molecule has 1 aliphatic rings. The van der Waals surface area contributed by atoms with Crippen molar-refractivity contribution in [3.63, 3.8) is 0 Å². The van der Waals surface area contributed by atoms with Crippen LogP contribution in [0.1, 0.15) is 17.2 Å². The highest BCUT2D eigenvalue weighted by Crippen LogP contribution is 2.22. The van der Waals surface area contributed by atoms with E-state index in [1.807, 2.05) is 7.05 Å². The van der Waals surface area contributed by atoms with Crippen molar-refractivity contribution < 1.29 is 9.47 Å². The van der Waals surface area contributed by atoms with E-state index in [1.165, 1.54) is 11.1 Å². The van der Waals surface area contributed by atoms with Crippen LogP contribution in [0.15, 0.2) is 24.3 Å². The molecule has 1 heterocycles. The Morgan fingerprint density at radius 1 is 1.50 bits per heavy atom. The van der Waals surface area contributed by atoms with Crippen LogP contribution in [0.4, 0.5) is 0 Å². The van der Waals surface area contributed by atoms with E-state index in [-0.39, 0.29) is 12.2 Å². The molecule has 1 atom stereocenters. The number of nitrogens with one attached hydrogen (secondary N) is 1. The summed E-state index contributed by atoms with van der Waals surface area (Å²) < 4.78 is 11.1. The van der Waals surface area contributed by atoms with Crippen LogP contribution in [0.2, 0.25) is 0 Å². The van der Waals surface area contributed by atoms with Gasteiger partial charge in [0.15, 0.2) is 0 Å². The number of ether oxygens (including phenoxy) is 2. The van der Waals surface area contributed by atoms with Gasteiger partial charge in [0.1, 0.15) is 6.10 Å². The first-order chi connectivity index (χ1) is 7.79. The Hall–Kier alpha value is -0.900. The van der Waals surface area contributed by atoms with Crippen molar-refractivity contribution in [2.24, 2.45) is 0 Å². The zero-order valence-corrected chi connectivity index (χ0v) is 9.90. The maximum absolute atomic E-state index is 5.98. The number of aryl methyl sites for hydroxylation is 1. The molecule has 1 fully saturated rings. The Labute approximate surface area is 96.8 Å². The van der Waals surface area contributed by atoms with Crippen LogP contribution in [0.3, 0.4) is 0 Å². The van der Waals surface area contributed by atoms with Crippen molar-refractivity contribution in [3.8, 4) is 0 Å². The molecule has 1 aliphatic heterocycles. The van der Waals surface area contributed by atoms with Crippen molar-refractivity contribution in [2.45, 2.75) is 19.1 Å². The van der Waals surface area contributed by atoms with Gasteiger partial charge in [0.2, 0.25) is 0 Å². The van der Waals surface area contributed by atoms with Crippen LogP contribution >= 0.6 is 0 Å². The summed E-state index contributed by atoms with van der Waals surface area (Å²) in [7, 11) is 1.95. The molecule has 0 spiro atoms. The lowest BCUT2D eigenvalue weighted by Crippen LogP contribution is -2.38. The van der Waals surface area contributed by atoms with Crippen LogP contribution in [0.25, 0.3) is 0 Å². The highest BCUT2D eigenvalue weighted by atomic mass is 16.6. The molecule has 1 aromatic carbocycles. The molecule has 2 rings (SSSR count). The van der Waals surface area contributed by atoms with Crippen molar-refractivity contribution in [1.29, 1.82) is 0 Å². The van der Waals surface area contributed by atoms with Gasteiger partial charge in [0.25, 0.3) is 0 Å². The minimum atomic E-state index is 0.124. The lowest BCUT2D eigenvalue weighted by Gasteiger charge is -2.31. The molecule has 0 aromatic heterocycles. The molecule has 0 amide bonds. The first-order valence-electron chi connectivity index (χ1n) is 5.74. The number of hydrogen-bond acceptors (Lipinski definition) is 3. The van der Waals surface area contributed by atoms with Gasteiger partial charge in [-0.1, -0.05) is 29.8 Å². The second-order valence-electron chi connectivity index (χ2n) is 4.26. The Balaban J connectivity index is 2.04. The van der Waals surface area contributed by atoms with E-state index in [0.29, 0.717) is 0 Å². The van der Waals surface area contributed by atoms with Crippen molar-refractivity contribution in [3.05, 3.63) is 35.4 Å². The highest BCUT2D eigenvalue weighted by molar-refractivity contribution is 5.24. The topological polar surface area (TPSA) is 30.5 Å². The molecule has 1 N–H and O–H groups in total. The minimum Gasteiger partial charge on any atom is -0.376 e. The molecule has 0 aliphatic carbocycles. The van der Waals surface area contributed by atoms with Gasteiger partial charge in [-0.3, -0.25) is 0 Å². The number of hydrogen-bond donors (Lipinski definition) is 1. The zero-order chi connectivity index (χ0) is 11.4. The van der Waals surface area contributed by atoms with E-state index in [1.54, 1.807) is 0 Å². The van der Waals surface area contributed by atoms with Gasteiger partial charge in [-0.2, -0.15) is 0 Å². The predicted molar refractivity (Wildman–Crippen MR) is 63.5 cm³/mol. The van der Waals surface area contributed by atoms with E-state index in [2.05, 4.69) is 36.5 Å². The predicted octanol–water partition coefficient (Wildman–Crippen LogP) is 1.67. The largest absolute Gasteiger partial charge is 0.376 e. The fraction of sp³-hybridized carbons (Fsp3) is 0.538. The summed E-state index contributed by atoms with van der Waals surface area (Å²) in [5.41, 5.74) is 2.51. The van der Waals surface area contributed by atoms with E-state index in [4.69, 9.17) is 9.47 Å². The van der Waals surface area contributed by atoms with Crippen molar-refractivity contribution >= 4 is 0 Å². The Kier molecular flexibility index (Phi) is 3.93. The summed E-state index contributed by atoms with van der Waals surface area (Å²) in [5.74, 6) is 0. The summed E-state index contributed by atoms with van der Waals surface area (Å²) in [6, 6.07) is 8.48.